The Morgan fingerprint density at radius 2 is 2.00 bits per heavy atom. The summed E-state index contributed by atoms with van der Waals surface area (Å²) in [6.07, 6.45) is 3.43. The number of hydrogen-bond acceptors (Lipinski definition) is 4. The van der Waals surface area contributed by atoms with Gasteiger partial charge in [0.25, 0.3) is 5.91 Å². The Balaban J connectivity index is 1.58. The minimum Gasteiger partial charge on any atom is -0.399 e. The van der Waals surface area contributed by atoms with Crippen LogP contribution in [0, 0.1) is 0 Å². The number of H-pyrrole nitrogens is 1. The molecule has 1 amide bonds. The molecule has 0 aliphatic carbocycles. The molecule has 4 N–H and O–H groups in total. The average Bonchev–Trinajstić information content (AvgIpc) is 3.29. The third kappa shape index (κ3) is 3.03. The highest BCUT2D eigenvalue weighted by Gasteiger charge is 2.24. The van der Waals surface area contributed by atoms with Gasteiger partial charge >= 0.3 is 0 Å². The molecule has 7 heteroatoms. The predicted octanol–water partition coefficient (Wildman–Crippen LogP) is 3.38. The standard InChI is InChI=1S/C20H20N6O/c1-20(2,13-6-5-7-14(21)10-13)26-12-15(11-22-26)23-19(27)18-16-8-3-4-9-17(16)24-25-18/h3-12H,21H2,1-2H3,(H,23,27)(H,24,25). The molecule has 0 aliphatic heterocycles. The van der Waals surface area contributed by atoms with Crippen molar-refractivity contribution in [3.8, 4) is 0 Å². The number of fused-ring (bicyclic) bond motifs is 1. The van der Waals surface area contributed by atoms with Gasteiger partial charge in [-0.1, -0.05) is 30.3 Å². The second-order valence-electron chi connectivity index (χ2n) is 6.93. The van der Waals surface area contributed by atoms with Gasteiger partial charge in [0, 0.05) is 17.3 Å². The molecular formula is C20H20N6O. The molecule has 0 saturated heterocycles. The molecule has 2 heterocycles. The maximum Gasteiger partial charge on any atom is 0.276 e. The normalized spacial score (nSPS) is 11.6. The van der Waals surface area contributed by atoms with Crippen LogP contribution in [0.3, 0.4) is 0 Å². The van der Waals surface area contributed by atoms with E-state index in [1.54, 1.807) is 17.1 Å². The number of aromatic amines is 1. The zero-order valence-corrected chi connectivity index (χ0v) is 15.1. The fraction of sp³-hybridized carbons (Fsp3) is 0.150. The van der Waals surface area contributed by atoms with Crippen molar-refractivity contribution in [2.24, 2.45) is 0 Å². The fourth-order valence-corrected chi connectivity index (χ4v) is 3.07. The number of benzene rings is 2. The van der Waals surface area contributed by atoms with Crippen LogP contribution in [0.25, 0.3) is 10.9 Å². The fourth-order valence-electron chi connectivity index (χ4n) is 3.07. The van der Waals surface area contributed by atoms with Gasteiger partial charge < -0.3 is 11.1 Å². The molecule has 0 saturated carbocycles. The Morgan fingerprint density at radius 3 is 2.81 bits per heavy atom. The van der Waals surface area contributed by atoms with Crippen molar-refractivity contribution in [1.29, 1.82) is 0 Å². The second kappa shape index (κ2) is 6.28. The molecule has 27 heavy (non-hydrogen) atoms. The van der Waals surface area contributed by atoms with Crippen LogP contribution in [0.2, 0.25) is 0 Å². The van der Waals surface area contributed by atoms with Gasteiger partial charge in [-0.05, 0) is 37.6 Å². The van der Waals surface area contributed by atoms with E-state index in [2.05, 4.69) is 20.6 Å². The molecule has 4 aromatic rings. The first kappa shape index (κ1) is 16.8. The Hall–Kier alpha value is -3.61. The van der Waals surface area contributed by atoms with Gasteiger partial charge in [-0.25, -0.2) is 0 Å². The van der Waals surface area contributed by atoms with E-state index in [-0.39, 0.29) is 5.91 Å². The molecule has 7 nitrogen and oxygen atoms in total. The number of rotatable bonds is 4. The van der Waals surface area contributed by atoms with E-state index in [9.17, 15) is 4.79 Å². The Labute approximate surface area is 156 Å². The topological polar surface area (TPSA) is 102 Å². The highest BCUT2D eigenvalue weighted by molar-refractivity contribution is 6.10. The third-order valence-electron chi connectivity index (χ3n) is 4.69. The number of hydrogen-bond donors (Lipinski definition) is 3. The van der Waals surface area contributed by atoms with E-state index in [0.717, 1.165) is 16.5 Å². The number of amides is 1. The van der Waals surface area contributed by atoms with E-state index in [1.165, 1.54) is 0 Å². The Bertz CT molecular complexity index is 1120. The molecule has 0 bridgehead atoms. The summed E-state index contributed by atoms with van der Waals surface area (Å²) in [5.41, 5.74) is 8.99. The van der Waals surface area contributed by atoms with Crippen molar-refractivity contribution >= 4 is 28.2 Å². The molecule has 2 aromatic heterocycles. The summed E-state index contributed by atoms with van der Waals surface area (Å²) in [6, 6.07) is 15.2. The van der Waals surface area contributed by atoms with Crippen LogP contribution in [-0.2, 0) is 5.54 Å². The van der Waals surface area contributed by atoms with Crippen molar-refractivity contribution in [1.82, 2.24) is 20.0 Å². The number of anilines is 2. The first-order valence-corrected chi connectivity index (χ1v) is 8.61. The van der Waals surface area contributed by atoms with E-state index >= 15 is 0 Å². The van der Waals surface area contributed by atoms with Crippen LogP contribution in [-0.4, -0.2) is 25.9 Å². The zero-order chi connectivity index (χ0) is 19.0. The lowest BCUT2D eigenvalue weighted by Crippen LogP contribution is -2.28. The minimum atomic E-state index is -0.419. The summed E-state index contributed by atoms with van der Waals surface area (Å²) in [7, 11) is 0. The number of nitrogens with zero attached hydrogens (tertiary/aromatic N) is 3. The molecule has 0 atom stereocenters. The highest BCUT2D eigenvalue weighted by atomic mass is 16.2. The van der Waals surface area contributed by atoms with Crippen molar-refractivity contribution < 1.29 is 4.79 Å². The summed E-state index contributed by atoms with van der Waals surface area (Å²) in [5.74, 6) is -0.284. The lowest BCUT2D eigenvalue weighted by atomic mass is 9.94. The van der Waals surface area contributed by atoms with Gasteiger partial charge in [-0.3, -0.25) is 14.6 Å². The van der Waals surface area contributed by atoms with Crippen molar-refractivity contribution in [2.75, 3.05) is 11.1 Å². The van der Waals surface area contributed by atoms with Gasteiger partial charge in [0.2, 0.25) is 0 Å². The Kier molecular flexibility index (Phi) is 3.92. The van der Waals surface area contributed by atoms with Crippen molar-refractivity contribution in [3.05, 3.63) is 72.2 Å². The summed E-state index contributed by atoms with van der Waals surface area (Å²) in [5, 5.41) is 15.1. The summed E-state index contributed by atoms with van der Waals surface area (Å²) >= 11 is 0. The molecular weight excluding hydrogens is 340 g/mol. The zero-order valence-electron chi connectivity index (χ0n) is 15.1. The van der Waals surface area contributed by atoms with Crippen molar-refractivity contribution in [2.45, 2.75) is 19.4 Å². The van der Waals surface area contributed by atoms with Crippen LogP contribution in [0.15, 0.2) is 60.9 Å². The number of carbonyl (C=O) groups excluding carboxylic acids is 1. The quantitative estimate of drug-likeness (QED) is 0.486. The maximum atomic E-state index is 12.6. The SMILES string of the molecule is CC(C)(c1cccc(N)c1)n1cc(NC(=O)c2n[nH]c3ccccc23)cn1. The van der Waals surface area contributed by atoms with Crippen LogP contribution >= 0.6 is 0 Å². The number of aromatic nitrogens is 4. The van der Waals surface area contributed by atoms with E-state index in [4.69, 9.17) is 5.73 Å². The second-order valence-corrected chi connectivity index (χ2v) is 6.93. The van der Waals surface area contributed by atoms with Crippen LogP contribution in [0.4, 0.5) is 11.4 Å². The lowest BCUT2D eigenvalue weighted by molar-refractivity contribution is 0.102. The number of nitrogen functional groups attached to an aromatic ring is 1. The summed E-state index contributed by atoms with van der Waals surface area (Å²) in [4.78, 5) is 12.6. The summed E-state index contributed by atoms with van der Waals surface area (Å²) < 4.78 is 1.81. The van der Waals surface area contributed by atoms with Crippen molar-refractivity contribution in [3.63, 3.8) is 0 Å². The predicted molar refractivity (Wildman–Crippen MR) is 106 cm³/mol. The van der Waals surface area contributed by atoms with Crippen LogP contribution in [0.5, 0.6) is 0 Å². The molecule has 4 rings (SSSR count). The number of nitrogens with two attached hydrogens (primary N) is 1. The van der Waals surface area contributed by atoms with Gasteiger partial charge in [0.15, 0.2) is 5.69 Å². The molecule has 0 aliphatic rings. The van der Waals surface area contributed by atoms with Gasteiger partial charge in [0.05, 0.1) is 22.9 Å². The largest absolute Gasteiger partial charge is 0.399 e. The molecule has 0 fully saturated rings. The van der Waals surface area contributed by atoms with Gasteiger partial charge in [-0.15, -0.1) is 0 Å². The monoisotopic (exact) mass is 360 g/mol. The molecule has 0 radical (unpaired) electrons. The number of carbonyl (C=O) groups is 1. The number of nitrogens with one attached hydrogen (secondary N) is 2. The minimum absolute atomic E-state index is 0.284. The van der Waals surface area contributed by atoms with Crippen LogP contribution in [0.1, 0.15) is 29.9 Å². The molecule has 2 aromatic carbocycles. The van der Waals surface area contributed by atoms with Gasteiger partial charge in [0.1, 0.15) is 0 Å². The highest BCUT2D eigenvalue weighted by Crippen LogP contribution is 2.27. The van der Waals surface area contributed by atoms with Crippen LogP contribution < -0.4 is 11.1 Å². The van der Waals surface area contributed by atoms with E-state index in [1.807, 2.05) is 62.4 Å². The van der Waals surface area contributed by atoms with E-state index in [0.29, 0.717) is 17.1 Å². The molecule has 0 unspecified atom stereocenters. The lowest BCUT2D eigenvalue weighted by Gasteiger charge is -2.26. The first-order chi connectivity index (χ1) is 12.9. The average molecular weight is 360 g/mol. The number of para-hydroxylation sites is 1. The third-order valence-corrected chi connectivity index (χ3v) is 4.69. The molecule has 136 valence electrons. The maximum absolute atomic E-state index is 12.6. The molecule has 0 spiro atoms. The smallest absolute Gasteiger partial charge is 0.276 e. The first-order valence-electron chi connectivity index (χ1n) is 8.61. The summed E-state index contributed by atoms with van der Waals surface area (Å²) in [6.45, 7) is 4.09. The Morgan fingerprint density at radius 1 is 1.19 bits per heavy atom. The van der Waals surface area contributed by atoms with E-state index < -0.39 is 5.54 Å². The van der Waals surface area contributed by atoms with Gasteiger partial charge in [-0.2, -0.15) is 10.2 Å².